The molecular weight excluding hydrogens is 395 g/mol. The van der Waals surface area contributed by atoms with Gasteiger partial charge in [0.25, 0.3) is 0 Å². The highest BCUT2D eigenvalue weighted by Gasteiger charge is 2.12. The number of methoxy groups -OCH3 is 1. The van der Waals surface area contributed by atoms with Crippen LogP contribution in [-0.4, -0.2) is 33.5 Å². The van der Waals surface area contributed by atoms with Crippen LogP contribution in [0.2, 0.25) is 0 Å². The first kappa shape index (κ1) is 20.7. The molecule has 2 aromatic carbocycles. The van der Waals surface area contributed by atoms with Crippen LogP contribution in [0, 0.1) is 5.82 Å². The summed E-state index contributed by atoms with van der Waals surface area (Å²) in [6.07, 6.45) is 0. The Bertz CT molecular complexity index is 945. The molecule has 1 amide bonds. The summed E-state index contributed by atoms with van der Waals surface area (Å²) in [5, 5.41) is 11.6. The summed E-state index contributed by atoms with van der Waals surface area (Å²) in [6.45, 7) is 0.604. The highest BCUT2D eigenvalue weighted by Crippen LogP contribution is 2.19. The quantitative estimate of drug-likeness (QED) is 0.541. The molecule has 1 aromatic heterocycles. The van der Waals surface area contributed by atoms with E-state index in [1.54, 1.807) is 23.8 Å². The van der Waals surface area contributed by atoms with Crippen molar-refractivity contribution < 1.29 is 18.7 Å². The standard InChI is InChI=1S/C20H21FN4O3S/c1-25-18(12-28-17-9-7-16(27-2)8-10-17)23-24-20(25)29-13-19(26)22-11-14-3-5-15(21)6-4-14/h3-10H,11-13H2,1-2H3,(H,22,26). The summed E-state index contributed by atoms with van der Waals surface area (Å²) < 4.78 is 25.5. The van der Waals surface area contributed by atoms with Crippen molar-refractivity contribution in [2.24, 2.45) is 7.05 Å². The van der Waals surface area contributed by atoms with Crippen molar-refractivity contribution >= 4 is 17.7 Å². The smallest absolute Gasteiger partial charge is 0.230 e. The summed E-state index contributed by atoms with van der Waals surface area (Å²) in [5.74, 6) is 1.86. The second-order valence-corrected chi connectivity index (χ2v) is 7.06. The molecule has 0 aliphatic heterocycles. The highest BCUT2D eigenvalue weighted by molar-refractivity contribution is 7.99. The number of benzene rings is 2. The van der Waals surface area contributed by atoms with Gasteiger partial charge in [0.2, 0.25) is 5.91 Å². The van der Waals surface area contributed by atoms with Gasteiger partial charge >= 0.3 is 0 Å². The van der Waals surface area contributed by atoms with E-state index in [0.29, 0.717) is 23.3 Å². The number of carbonyl (C=O) groups is 1. The van der Waals surface area contributed by atoms with E-state index in [-0.39, 0.29) is 24.1 Å². The summed E-state index contributed by atoms with van der Waals surface area (Å²) in [6, 6.07) is 13.3. The number of nitrogens with one attached hydrogen (secondary N) is 1. The minimum atomic E-state index is -0.301. The fraction of sp³-hybridized carbons (Fsp3) is 0.250. The van der Waals surface area contributed by atoms with Gasteiger partial charge in [-0.2, -0.15) is 0 Å². The van der Waals surface area contributed by atoms with Crippen LogP contribution >= 0.6 is 11.8 Å². The lowest BCUT2D eigenvalue weighted by Crippen LogP contribution is -2.24. The Kier molecular flexibility index (Phi) is 7.07. The predicted molar refractivity (Wildman–Crippen MR) is 107 cm³/mol. The fourth-order valence-corrected chi connectivity index (χ4v) is 3.16. The number of aromatic nitrogens is 3. The van der Waals surface area contributed by atoms with Crippen molar-refractivity contribution in [1.82, 2.24) is 20.1 Å². The molecule has 1 heterocycles. The van der Waals surface area contributed by atoms with Crippen molar-refractivity contribution in [3.8, 4) is 11.5 Å². The topological polar surface area (TPSA) is 78.3 Å². The lowest BCUT2D eigenvalue weighted by atomic mass is 10.2. The second kappa shape index (κ2) is 9.92. The molecule has 0 saturated carbocycles. The molecule has 0 atom stereocenters. The Morgan fingerprint density at radius 1 is 1.10 bits per heavy atom. The molecule has 9 heteroatoms. The number of ether oxygens (including phenoxy) is 2. The minimum absolute atomic E-state index is 0.140. The number of rotatable bonds is 9. The van der Waals surface area contributed by atoms with E-state index in [9.17, 15) is 9.18 Å². The molecule has 3 aromatic rings. The monoisotopic (exact) mass is 416 g/mol. The molecule has 0 aliphatic rings. The molecule has 0 aliphatic carbocycles. The van der Waals surface area contributed by atoms with Crippen LogP contribution in [0.15, 0.2) is 53.7 Å². The average Bonchev–Trinajstić information content (AvgIpc) is 3.10. The van der Waals surface area contributed by atoms with Crippen molar-refractivity contribution in [2.75, 3.05) is 12.9 Å². The third-order valence-corrected chi connectivity index (χ3v) is 5.11. The van der Waals surface area contributed by atoms with Gasteiger partial charge in [0, 0.05) is 13.6 Å². The fourth-order valence-electron chi connectivity index (χ4n) is 2.40. The molecule has 0 fully saturated rings. The maximum atomic E-state index is 12.9. The third-order valence-electron chi connectivity index (χ3n) is 4.09. The van der Waals surface area contributed by atoms with E-state index in [4.69, 9.17) is 9.47 Å². The Morgan fingerprint density at radius 3 is 2.48 bits per heavy atom. The molecule has 0 radical (unpaired) electrons. The molecule has 0 saturated heterocycles. The molecule has 0 bridgehead atoms. The van der Waals surface area contributed by atoms with Crippen LogP contribution in [0.1, 0.15) is 11.4 Å². The predicted octanol–water partition coefficient (Wildman–Crippen LogP) is 2.95. The van der Waals surface area contributed by atoms with E-state index in [1.165, 1.54) is 23.9 Å². The van der Waals surface area contributed by atoms with Crippen LogP contribution < -0.4 is 14.8 Å². The molecule has 1 N–H and O–H groups in total. The van der Waals surface area contributed by atoms with Gasteiger partial charge in [0.05, 0.1) is 12.9 Å². The molecule has 7 nitrogen and oxygen atoms in total. The van der Waals surface area contributed by atoms with Crippen molar-refractivity contribution in [1.29, 1.82) is 0 Å². The second-order valence-electron chi connectivity index (χ2n) is 6.11. The maximum Gasteiger partial charge on any atom is 0.230 e. The SMILES string of the molecule is COc1ccc(OCc2nnc(SCC(=O)NCc3ccc(F)cc3)n2C)cc1. The minimum Gasteiger partial charge on any atom is -0.497 e. The van der Waals surface area contributed by atoms with Crippen LogP contribution in [0.5, 0.6) is 11.5 Å². The summed E-state index contributed by atoms with van der Waals surface area (Å²) in [4.78, 5) is 12.0. The largest absolute Gasteiger partial charge is 0.497 e. The van der Waals surface area contributed by atoms with Gasteiger partial charge in [0.1, 0.15) is 23.9 Å². The highest BCUT2D eigenvalue weighted by atomic mass is 32.2. The first-order chi connectivity index (χ1) is 14.0. The number of nitrogens with zero attached hydrogens (tertiary/aromatic N) is 3. The van der Waals surface area contributed by atoms with Crippen LogP contribution in [-0.2, 0) is 25.0 Å². The maximum absolute atomic E-state index is 12.9. The average molecular weight is 416 g/mol. The van der Waals surface area contributed by atoms with Gasteiger partial charge in [-0.25, -0.2) is 4.39 Å². The molecule has 29 heavy (non-hydrogen) atoms. The Morgan fingerprint density at radius 2 is 1.79 bits per heavy atom. The van der Waals surface area contributed by atoms with Gasteiger partial charge in [-0.3, -0.25) is 4.79 Å². The number of halogens is 1. The number of thioether (sulfide) groups is 1. The molecular formula is C20H21FN4O3S. The van der Waals surface area contributed by atoms with E-state index in [0.717, 1.165) is 11.3 Å². The third kappa shape index (κ3) is 5.95. The van der Waals surface area contributed by atoms with E-state index in [2.05, 4.69) is 15.5 Å². The van der Waals surface area contributed by atoms with Crippen LogP contribution in [0.4, 0.5) is 4.39 Å². The zero-order chi connectivity index (χ0) is 20.6. The van der Waals surface area contributed by atoms with Crippen molar-refractivity contribution in [3.63, 3.8) is 0 Å². The summed E-state index contributed by atoms with van der Waals surface area (Å²) in [7, 11) is 3.43. The van der Waals surface area contributed by atoms with Gasteiger partial charge in [-0.15, -0.1) is 10.2 Å². The number of hydrogen-bond donors (Lipinski definition) is 1. The van der Waals surface area contributed by atoms with Crippen molar-refractivity contribution in [2.45, 2.75) is 18.3 Å². The molecule has 152 valence electrons. The van der Waals surface area contributed by atoms with Gasteiger partial charge < -0.3 is 19.4 Å². The van der Waals surface area contributed by atoms with Gasteiger partial charge in [-0.1, -0.05) is 23.9 Å². The number of hydrogen-bond acceptors (Lipinski definition) is 6. The molecule has 0 unspecified atom stereocenters. The first-order valence-electron chi connectivity index (χ1n) is 8.84. The van der Waals surface area contributed by atoms with E-state index in [1.807, 2.05) is 31.3 Å². The Labute approximate surface area is 172 Å². The summed E-state index contributed by atoms with van der Waals surface area (Å²) >= 11 is 1.29. The lowest BCUT2D eigenvalue weighted by molar-refractivity contribution is -0.118. The Hall–Kier alpha value is -3.07. The zero-order valence-electron chi connectivity index (χ0n) is 16.1. The molecule has 3 rings (SSSR count). The van der Waals surface area contributed by atoms with Gasteiger partial charge in [0.15, 0.2) is 11.0 Å². The number of carbonyl (C=O) groups excluding carboxylic acids is 1. The van der Waals surface area contributed by atoms with E-state index >= 15 is 0 Å². The normalized spacial score (nSPS) is 10.6. The number of amides is 1. The van der Waals surface area contributed by atoms with E-state index < -0.39 is 0 Å². The van der Waals surface area contributed by atoms with Crippen molar-refractivity contribution in [3.05, 3.63) is 65.7 Å². The first-order valence-corrected chi connectivity index (χ1v) is 9.83. The molecule has 0 spiro atoms. The van der Waals surface area contributed by atoms with Crippen LogP contribution in [0.25, 0.3) is 0 Å². The zero-order valence-corrected chi connectivity index (χ0v) is 16.9. The lowest BCUT2D eigenvalue weighted by Gasteiger charge is -2.08. The van der Waals surface area contributed by atoms with Gasteiger partial charge in [-0.05, 0) is 42.0 Å². The Balaban J connectivity index is 1.45. The summed E-state index contributed by atoms with van der Waals surface area (Å²) in [5.41, 5.74) is 0.835. The van der Waals surface area contributed by atoms with Crippen LogP contribution in [0.3, 0.4) is 0 Å².